The number of aliphatic hydroxyl groups is 1. The van der Waals surface area contributed by atoms with Crippen molar-refractivity contribution < 1.29 is 9.84 Å². The largest absolute Gasteiger partial charge is 0.383 e. The Hall–Kier alpha value is -1.69. The Bertz CT molecular complexity index is 816. The minimum absolute atomic E-state index is 0. The number of nitrogens with zero attached hydrogens (tertiary/aromatic N) is 4. The van der Waals surface area contributed by atoms with Gasteiger partial charge in [-0.2, -0.15) is 5.10 Å². The Morgan fingerprint density at radius 1 is 1.19 bits per heavy atom. The van der Waals surface area contributed by atoms with Crippen molar-refractivity contribution in [1.82, 2.24) is 25.3 Å². The van der Waals surface area contributed by atoms with Crippen molar-refractivity contribution in [1.29, 1.82) is 0 Å². The van der Waals surface area contributed by atoms with Crippen molar-refractivity contribution in [2.45, 2.75) is 32.5 Å². The molecule has 1 aliphatic heterocycles. The topological polar surface area (TPSA) is 86.9 Å². The van der Waals surface area contributed by atoms with E-state index in [4.69, 9.17) is 4.74 Å². The first-order valence-electron chi connectivity index (χ1n) is 10.6. The number of aliphatic imine (C=N–C) groups is 1. The number of rotatable bonds is 8. The predicted octanol–water partition coefficient (Wildman–Crippen LogP) is 1.83. The van der Waals surface area contributed by atoms with Gasteiger partial charge in [0.05, 0.1) is 32.5 Å². The van der Waals surface area contributed by atoms with E-state index < -0.39 is 5.60 Å². The standard InChI is InChI=1S/C22H34N6O2.HI/c1-4-23-21(25-17-22(2,29)20-14-26-27(3)16-20)24-13-18-5-7-19(8-6-18)15-28-9-11-30-12-10-28;/h5-8,14,16,29H,4,9-13,15,17H2,1-3H3,(H2,23,24,25);1H. The summed E-state index contributed by atoms with van der Waals surface area (Å²) < 4.78 is 7.10. The van der Waals surface area contributed by atoms with Crippen LogP contribution < -0.4 is 10.6 Å². The molecule has 1 aliphatic rings. The summed E-state index contributed by atoms with van der Waals surface area (Å²) in [6, 6.07) is 8.62. The highest BCUT2D eigenvalue weighted by Crippen LogP contribution is 2.18. The quantitative estimate of drug-likeness (QED) is 0.268. The van der Waals surface area contributed by atoms with Gasteiger partial charge in [0.1, 0.15) is 5.60 Å². The monoisotopic (exact) mass is 542 g/mol. The Balaban J connectivity index is 0.00000341. The molecule has 1 saturated heterocycles. The normalized spacial score (nSPS) is 17.0. The van der Waals surface area contributed by atoms with Crippen molar-refractivity contribution in [2.24, 2.45) is 12.0 Å². The molecule has 0 saturated carbocycles. The van der Waals surface area contributed by atoms with E-state index in [1.54, 1.807) is 17.8 Å². The van der Waals surface area contributed by atoms with Crippen molar-refractivity contribution in [2.75, 3.05) is 39.4 Å². The molecule has 3 N–H and O–H groups in total. The van der Waals surface area contributed by atoms with Gasteiger partial charge in [-0.1, -0.05) is 24.3 Å². The number of ether oxygens (including phenoxy) is 1. The van der Waals surface area contributed by atoms with E-state index >= 15 is 0 Å². The molecule has 1 aromatic heterocycles. The third-order valence-corrected chi connectivity index (χ3v) is 5.22. The molecular weight excluding hydrogens is 507 g/mol. The van der Waals surface area contributed by atoms with Gasteiger partial charge in [0.15, 0.2) is 5.96 Å². The molecule has 8 nitrogen and oxygen atoms in total. The fraction of sp³-hybridized carbons (Fsp3) is 0.545. The number of guanidine groups is 1. The van der Waals surface area contributed by atoms with Gasteiger partial charge in [0.2, 0.25) is 0 Å². The van der Waals surface area contributed by atoms with Crippen LogP contribution in [0.1, 0.15) is 30.5 Å². The van der Waals surface area contributed by atoms with Gasteiger partial charge in [0.25, 0.3) is 0 Å². The third-order valence-electron chi connectivity index (χ3n) is 5.22. The summed E-state index contributed by atoms with van der Waals surface area (Å²) in [6.45, 7) is 10.0. The number of aryl methyl sites for hydroxylation is 1. The Morgan fingerprint density at radius 2 is 1.87 bits per heavy atom. The lowest BCUT2D eigenvalue weighted by Crippen LogP contribution is -2.44. The third kappa shape index (κ3) is 8.06. The number of aromatic nitrogens is 2. The van der Waals surface area contributed by atoms with Crippen LogP contribution in [0.4, 0.5) is 0 Å². The van der Waals surface area contributed by atoms with Crippen LogP contribution in [0.25, 0.3) is 0 Å². The lowest BCUT2D eigenvalue weighted by molar-refractivity contribution is 0.0342. The van der Waals surface area contributed by atoms with Gasteiger partial charge in [-0.15, -0.1) is 24.0 Å². The zero-order valence-corrected chi connectivity index (χ0v) is 21.0. The van der Waals surface area contributed by atoms with Gasteiger partial charge in [-0.25, -0.2) is 4.99 Å². The summed E-state index contributed by atoms with van der Waals surface area (Å²) in [5.41, 5.74) is 2.19. The molecule has 0 bridgehead atoms. The van der Waals surface area contributed by atoms with Crippen LogP contribution in [0.3, 0.4) is 0 Å². The maximum atomic E-state index is 10.8. The minimum atomic E-state index is -1.04. The molecule has 172 valence electrons. The Labute approximate surface area is 202 Å². The maximum absolute atomic E-state index is 10.8. The molecule has 0 aliphatic carbocycles. The average Bonchev–Trinajstić information content (AvgIpc) is 3.19. The number of hydrogen-bond donors (Lipinski definition) is 3. The van der Waals surface area contributed by atoms with Crippen LogP contribution in [0.5, 0.6) is 0 Å². The van der Waals surface area contributed by atoms with Crippen molar-refractivity contribution >= 4 is 29.9 Å². The smallest absolute Gasteiger partial charge is 0.191 e. The number of hydrogen-bond acceptors (Lipinski definition) is 5. The van der Waals surface area contributed by atoms with Crippen molar-refractivity contribution in [3.63, 3.8) is 0 Å². The van der Waals surface area contributed by atoms with Gasteiger partial charge in [0, 0.05) is 45.0 Å². The van der Waals surface area contributed by atoms with E-state index in [9.17, 15) is 5.11 Å². The van der Waals surface area contributed by atoms with E-state index in [1.165, 1.54) is 5.56 Å². The first kappa shape index (κ1) is 25.6. The molecule has 9 heteroatoms. The first-order chi connectivity index (χ1) is 14.5. The van der Waals surface area contributed by atoms with Crippen LogP contribution in [-0.2, 0) is 30.5 Å². The van der Waals surface area contributed by atoms with Gasteiger partial charge in [-0.05, 0) is 25.0 Å². The molecule has 2 aromatic rings. The van der Waals surface area contributed by atoms with Crippen molar-refractivity contribution in [3.05, 3.63) is 53.3 Å². The van der Waals surface area contributed by atoms with Gasteiger partial charge < -0.3 is 20.5 Å². The number of nitrogens with one attached hydrogen (secondary N) is 2. The second-order valence-corrected chi connectivity index (χ2v) is 7.93. The summed E-state index contributed by atoms with van der Waals surface area (Å²) in [4.78, 5) is 7.08. The maximum Gasteiger partial charge on any atom is 0.191 e. The second kappa shape index (κ2) is 12.4. The van der Waals surface area contributed by atoms with Gasteiger partial charge in [-0.3, -0.25) is 9.58 Å². The highest BCUT2D eigenvalue weighted by Gasteiger charge is 2.25. The molecule has 31 heavy (non-hydrogen) atoms. The second-order valence-electron chi connectivity index (χ2n) is 7.93. The summed E-state index contributed by atoms with van der Waals surface area (Å²) >= 11 is 0. The fourth-order valence-electron chi connectivity index (χ4n) is 3.34. The zero-order chi connectivity index (χ0) is 21.4. The molecule has 1 aromatic carbocycles. The molecule has 0 spiro atoms. The number of halogens is 1. The molecule has 0 amide bonds. The molecule has 3 rings (SSSR count). The van der Waals surface area contributed by atoms with Crippen LogP contribution in [0, 0.1) is 0 Å². The highest BCUT2D eigenvalue weighted by molar-refractivity contribution is 14.0. The lowest BCUT2D eigenvalue weighted by Gasteiger charge is -2.26. The molecule has 1 fully saturated rings. The minimum Gasteiger partial charge on any atom is -0.383 e. The lowest BCUT2D eigenvalue weighted by atomic mass is 10.00. The highest BCUT2D eigenvalue weighted by atomic mass is 127. The van der Waals surface area contributed by atoms with Crippen LogP contribution in [0.15, 0.2) is 41.7 Å². The first-order valence-corrected chi connectivity index (χ1v) is 10.6. The Morgan fingerprint density at radius 3 is 2.48 bits per heavy atom. The van der Waals surface area contributed by atoms with E-state index in [-0.39, 0.29) is 24.0 Å². The summed E-state index contributed by atoms with van der Waals surface area (Å²) in [5, 5.41) is 21.4. The van der Waals surface area contributed by atoms with Gasteiger partial charge >= 0.3 is 0 Å². The van der Waals surface area contributed by atoms with E-state index in [0.29, 0.717) is 19.0 Å². The fourth-order valence-corrected chi connectivity index (χ4v) is 3.34. The number of morpholine rings is 1. The SMILES string of the molecule is CCNC(=NCc1ccc(CN2CCOCC2)cc1)NCC(C)(O)c1cnn(C)c1.I. The van der Waals surface area contributed by atoms with Crippen molar-refractivity contribution in [3.8, 4) is 0 Å². The Kier molecular flexibility index (Phi) is 10.2. The average molecular weight is 542 g/mol. The van der Waals surface area contributed by atoms with E-state index in [0.717, 1.165) is 50.5 Å². The predicted molar refractivity (Wildman–Crippen MR) is 134 cm³/mol. The summed E-state index contributed by atoms with van der Waals surface area (Å²) in [6.07, 6.45) is 3.51. The van der Waals surface area contributed by atoms with Crippen LogP contribution in [-0.4, -0.2) is 65.1 Å². The molecule has 1 atom stereocenters. The molecular formula is C22H35IN6O2. The molecule has 2 heterocycles. The van der Waals surface area contributed by atoms with E-state index in [1.807, 2.05) is 20.2 Å². The number of benzene rings is 1. The van der Waals surface area contributed by atoms with E-state index in [2.05, 4.69) is 49.9 Å². The summed E-state index contributed by atoms with van der Waals surface area (Å²) in [7, 11) is 1.84. The van der Waals surface area contributed by atoms with Crippen LogP contribution in [0.2, 0.25) is 0 Å². The molecule has 1 unspecified atom stereocenters. The van der Waals surface area contributed by atoms with Crippen LogP contribution >= 0.6 is 24.0 Å². The molecule has 0 radical (unpaired) electrons. The zero-order valence-electron chi connectivity index (χ0n) is 18.7. The summed E-state index contributed by atoms with van der Waals surface area (Å²) in [5.74, 6) is 0.680.